The van der Waals surface area contributed by atoms with E-state index < -0.39 is 0 Å². The molecule has 5 nitrogen and oxygen atoms in total. The lowest BCUT2D eigenvalue weighted by Crippen LogP contribution is -2.53. The highest BCUT2D eigenvalue weighted by atomic mass is 16.5. The van der Waals surface area contributed by atoms with Gasteiger partial charge in [0.05, 0.1) is 12.2 Å². The van der Waals surface area contributed by atoms with Crippen molar-refractivity contribution in [1.29, 1.82) is 0 Å². The topological polar surface area (TPSA) is 58.5 Å². The van der Waals surface area contributed by atoms with Gasteiger partial charge in [-0.15, -0.1) is 0 Å². The number of hydrogen-bond donors (Lipinski definition) is 1. The van der Waals surface area contributed by atoms with Crippen LogP contribution in [0.1, 0.15) is 32.2 Å². The second-order valence-corrected chi connectivity index (χ2v) is 5.92. The van der Waals surface area contributed by atoms with Gasteiger partial charge in [0.1, 0.15) is 0 Å². The number of hydrogen-bond acceptors (Lipinski definition) is 5. The molecule has 0 bridgehead atoms. The molecule has 0 amide bonds. The van der Waals surface area contributed by atoms with Crippen molar-refractivity contribution in [2.24, 2.45) is 5.73 Å². The maximum absolute atomic E-state index is 5.52. The molecule has 2 N–H and O–H groups in total. The second kappa shape index (κ2) is 5.38. The first kappa shape index (κ1) is 13.5. The molecule has 0 unspecified atom stereocenters. The zero-order valence-electron chi connectivity index (χ0n) is 11.6. The maximum atomic E-state index is 5.52. The minimum Gasteiger partial charge on any atom is -0.360 e. The van der Waals surface area contributed by atoms with Crippen LogP contribution in [0, 0.1) is 0 Å². The Balaban J connectivity index is 1.83. The van der Waals surface area contributed by atoms with Gasteiger partial charge in [0.2, 0.25) is 0 Å². The van der Waals surface area contributed by atoms with Gasteiger partial charge in [-0.1, -0.05) is 5.16 Å². The Morgan fingerprint density at radius 1 is 1.28 bits per heavy atom. The van der Waals surface area contributed by atoms with Gasteiger partial charge in [-0.05, 0) is 20.8 Å². The Morgan fingerprint density at radius 3 is 2.44 bits per heavy atom. The van der Waals surface area contributed by atoms with Crippen molar-refractivity contribution in [3.05, 3.63) is 17.5 Å². The average molecular weight is 252 g/mol. The van der Waals surface area contributed by atoms with E-state index in [9.17, 15) is 0 Å². The van der Waals surface area contributed by atoms with Crippen LogP contribution in [-0.2, 0) is 13.1 Å². The Labute approximate surface area is 109 Å². The lowest BCUT2D eigenvalue weighted by molar-refractivity contribution is 0.0553. The molecule has 1 saturated heterocycles. The Morgan fingerprint density at radius 2 is 1.94 bits per heavy atom. The highest BCUT2D eigenvalue weighted by Crippen LogP contribution is 2.17. The van der Waals surface area contributed by atoms with E-state index in [0.717, 1.165) is 44.2 Å². The second-order valence-electron chi connectivity index (χ2n) is 5.92. The van der Waals surface area contributed by atoms with Crippen molar-refractivity contribution < 1.29 is 4.52 Å². The molecule has 18 heavy (non-hydrogen) atoms. The van der Waals surface area contributed by atoms with Crippen molar-refractivity contribution in [2.45, 2.75) is 39.4 Å². The minimum atomic E-state index is 0.269. The molecule has 1 aromatic rings. The van der Waals surface area contributed by atoms with E-state index in [2.05, 4.69) is 35.7 Å². The summed E-state index contributed by atoms with van der Waals surface area (Å²) in [6, 6.07) is 1.95. The number of aromatic nitrogens is 1. The molecule has 5 heteroatoms. The van der Waals surface area contributed by atoms with E-state index in [4.69, 9.17) is 10.3 Å². The van der Waals surface area contributed by atoms with Crippen LogP contribution in [-0.4, -0.2) is 46.7 Å². The predicted octanol–water partition coefficient (Wildman–Crippen LogP) is 1.05. The molecule has 1 aliphatic heterocycles. The molecule has 0 spiro atoms. The smallest absolute Gasteiger partial charge is 0.151 e. The average Bonchev–Trinajstić information content (AvgIpc) is 2.76. The first-order chi connectivity index (χ1) is 8.49. The van der Waals surface area contributed by atoms with E-state index in [1.165, 1.54) is 0 Å². The van der Waals surface area contributed by atoms with Gasteiger partial charge in [-0.25, -0.2) is 0 Å². The summed E-state index contributed by atoms with van der Waals surface area (Å²) < 4.78 is 5.27. The molecular weight excluding hydrogens is 228 g/mol. The third kappa shape index (κ3) is 3.31. The fraction of sp³-hybridized carbons (Fsp3) is 0.769. The zero-order chi connectivity index (χ0) is 13.2. The van der Waals surface area contributed by atoms with Crippen LogP contribution < -0.4 is 5.73 Å². The highest BCUT2D eigenvalue weighted by molar-refractivity contribution is 5.04. The van der Waals surface area contributed by atoms with Crippen LogP contribution >= 0.6 is 0 Å². The number of rotatable bonds is 3. The quantitative estimate of drug-likeness (QED) is 0.871. The van der Waals surface area contributed by atoms with E-state index in [1.54, 1.807) is 0 Å². The van der Waals surface area contributed by atoms with E-state index in [0.29, 0.717) is 6.54 Å². The first-order valence-corrected chi connectivity index (χ1v) is 6.61. The summed E-state index contributed by atoms with van der Waals surface area (Å²) >= 11 is 0. The molecule has 1 fully saturated rings. The Hall–Kier alpha value is -0.910. The Bertz CT molecular complexity index is 375. The maximum Gasteiger partial charge on any atom is 0.151 e. The van der Waals surface area contributed by atoms with Crippen LogP contribution in [0.25, 0.3) is 0 Å². The van der Waals surface area contributed by atoms with Gasteiger partial charge in [0, 0.05) is 44.3 Å². The Kier molecular flexibility index (Phi) is 4.04. The molecule has 0 atom stereocenters. The van der Waals surface area contributed by atoms with Crippen molar-refractivity contribution in [3.63, 3.8) is 0 Å². The first-order valence-electron chi connectivity index (χ1n) is 6.61. The summed E-state index contributed by atoms with van der Waals surface area (Å²) in [5.74, 6) is 0.916. The van der Waals surface area contributed by atoms with Gasteiger partial charge >= 0.3 is 0 Å². The molecular formula is C13H24N4O. The lowest BCUT2D eigenvalue weighted by atomic mass is 10.0. The summed E-state index contributed by atoms with van der Waals surface area (Å²) in [7, 11) is 0. The summed E-state index contributed by atoms with van der Waals surface area (Å²) in [6.07, 6.45) is 0. The molecule has 0 saturated carbocycles. The van der Waals surface area contributed by atoms with Gasteiger partial charge < -0.3 is 10.3 Å². The van der Waals surface area contributed by atoms with Crippen molar-refractivity contribution in [2.75, 3.05) is 26.2 Å². The summed E-state index contributed by atoms with van der Waals surface area (Å²) in [6.45, 7) is 12.5. The van der Waals surface area contributed by atoms with Gasteiger partial charge in [-0.2, -0.15) is 0 Å². The van der Waals surface area contributed by atoms with Crippen molar-refractivity contribution >= 4 is 0 Å². The summed E-state index contributed by atoms with van der Waals surface area (Å²) in [5.41, 5.74) is 6.62. The molecule has 1 aliphatic rings. The largest absolute Gasteiger partial charge is 0.360 e. The minimum absolute atomic E-state index is 0.269. The van der Waals surface area contributed by atoms with Crippen LogP contribution in [0.15, 0.2) is 10.6 Å². The summed E-state index contributed by atoms with van der Waals surface area (Å²) in [5, 5.41) is 3.92. The number of nitrogens with zero attached hydrogens (tertiary/aromatic N) is 3. The van der Waals surface area contributed by atoms with Crippen molar-refractivity contribution in [3.8, 4) is 0 Å². The number of piperazine rings is 1. The van der Waals surface area contributed by atoms with E-state index in [1.807, 2.05) is 6.07 Å². The molecule has 0 aliphatic carbocycles. The third-order valence-corrected chi connectivity index (χ3v) is 3.52. The molecule has 0 aromatic carbocycles. The van der Waals surface area contributed by atoms with Gasteiger partial charge in [0.15, 0.2) is 5.76 Å². The summed E-state index contributed by atoms with van der Waals surface area (Å²) in [4.78, 5) is 4.93. The molecule has 1 aromatic heterocycles. The van der Waals surface area contributed by atoms with Crippen LogP contribution in [0.2, 0.25) is 0 Å². The molecule has 0 radical (unpaired) electrons. The third-order valence-electron chi connectivity index (χ3n) is 3.52. The molecule has 102 valence electrons. The normalized spacial score (nSPS) is 19.3. The van der Waals surface area contributed by atoms with Crippen molar-refractivity contribution in [1.82, 2.24) is 15.0 Å². The SMILES string of the molecule is CC(C)(C)N1CCN(Cc2cc(CN)no2)CC1. The van der Waals surface area contributed by atoms with Gasteiger partial charge in [0.25, 0.3) is 0 Å². The fourth-order valence-corrected chi connectivity index (χ4v) is 2.32. The monoisotopic (exact) mass is 252 g/mol. The van der Waals surface area contributed by atoms with Crippen LogP contribution in [0.5, 0.6) is 0 Å². The van der Waals surface area contributed by atoms with E-state index >= 15 is 0 Å². The standard InChI is InChI=1S/C13H24N4O/c1-13(2,3)17-6-4-16(5-7-17)10-12-8-11(9-14)15-18-12/h8H,4-7,9-10,14H2,1-3H3. The predicted molar refractivity (Wildman–Crippen MR) is 71.0 cm³/mol. The van der Waals surface area contributed by atoms with Gasteiger partial charge in [-0.3, -0.25) is 9.80 Å². The fourth-order valence-electron chi connectivity index (χ4n) is 2.32. The number of nitrogens with two attached hydrogens (primary N) is 1. The molecule has 2 heterocycles. The molecule has 2 rings (SSSR count). The van der Waals surface area contributed by atoms with Crippen LogP contribution in [0.3, 0.4) is 0 Å². The van der Waals surface area contributed by atoms with E-state index in [-0.39, 0.29) is 5.54 Å². The lowest BCUT2D eigenvalue weighted by Gasteiger charge is -2.42. The zero-order valence-corrected chi connectivity index (χ0v) is 11.6. The highest BCUT2D eigenvalue weighted by Gasteiger charge is 2.26. The van der Waals surface area contributed by atoms with Crippen LogP contribution in [0.4, 0.5) is 0 Å².